The van der Waals surface area contributed by atoms with Gasteiger partial charge in [-0.25, -0.2) is 4.98 Å². The number of hydrogen-bond acceptors (Lipinski definition) is 3. The van der Waals surface area contributed by atoms with Crippen LogP contribution in [0.3, 0.4) is 0 Å². The molecule has 0 spiro atoms. The van der Waals surface area contributed by atoms with Crippen molar-refractivity contribution in [2.24, 2.45) is 0 Å². The molecule has 96 valence electrons. The predicted molar refractivity (Wildman–Crippen MR) is 70.3 cm³/mol. The third-order valence-corrected chi connectivity index (χ3v) is 3.42. The van der Waals surface area contributed by atoms with Gasteiger partial charge in [-0.15, -0.1) is 0 Å². The van der Waals surface area contributed by atoms with Gasteiger partial charge < -0.3 is 9.84 Å². The first-order valence-electron chi connectivity index (χ1n) is 5.59. The lowest BCUT2D eigenvalue weighted by Gasteiger charge is -2.20. The van der Waals surface area contributed by atoms with E-state index in [0.29, 0.717) is 28.2 Å². The maximum atomic E-state index is 9.38. The number of halogens is 2. The number of aryl methyl sites for hydroxylation is 1. The summed E-state index contributed by atoms with van der Waals surface area (Å²) >= 11 is 12.1. The first-order chi connectivity index (χ1) is 7.99. The molecule has 1 unspecified atom stereocenters. The Morgan fingerprint density at radius 3 is 2.53 bits per heavy atom. The summed E-state index contributed by atoms with van der Waals surface area (Å²) in [6.45, 7) is 8.02. The fraction of sp³-hybridized carbons (Fsp3) is 0.583. The Balaban J connectivity index is 0.000000686. The molecule has 0 radical (unpaired) electrons. The van der Waals surface area contributed by atoms with Crippen molar-refractivity contribution in [3.8, 4) is 5.75 Å². The zero-order valence-electron chi connectivity index (χ0n) is 10.5. The van der Waals surface area contributed by atoms with E-state index < -0.39 is 5.41 Å². The molecule has 1 aromatic heterocycles. The highest BCUT2D eigenvalue weighted by molar-refractivity contribution is 6.34. The van der Waals surface area contributed by atoms with Gasteiger partial charge in [-0.3, -0.25) is 0 Å². The summed E-state index contributed by atoms with van der Waals surface area (Å²) in [6, 6.07) is 0. The van der Waals surface area contributed by atoms with E-state index >= 15 is 0 Å². The second kappa shape index (κ2) is 5.42. The number of rotatable bonds is 1. The molecule has 1 aliphatic rings. The Morgan fingerprint density at radius 1 is 1.41 bits per heavy atom. The average molecular weight is 278 g/mol. The average Bonchev–Trinajstić information content (AvgIpc) is 2.68. The van der Waals surface area contributed by atoms with E-state index in [1.807, 2.05) is 20.8 Å². The van der Waals surface area contributed by atoms with E-state index in [0.717, 1.165) is 5.56 Å². The van der Waals surface area contributed by atoms with Gasteiger partial charge in [0.15, 0.2) is 10.9 Å². The summed E-state index contributed by atoms with van der Waals surface area (Å²) in [5.74, 6) is 0.504. The fourth-order valence-electron chi connectivity index (χ4n) is 1.73. The third-order valence-electron chi connectivity index (χ3n) is 2.71. The van der Waals surface area contributed by atoms with Gasteiger partial charge in [0.25, 0.3) is 0 Å². The molecule has 1 atom stereocenters. The molecular formula is C12H17Cl2NO2. The zero-order valence-corrected chi connectivity index (χ0v) is 12.0. The standard InChI is InChI=1S/C10H11Cl2NO2.C2H6/c1-5-7(11)6-8(9(12)13-5)15-4-10(6,2)3-14;1-2/h14H,3-4H2,1-2H3;1-2H3. The molecule has 1 N–H and O–H groups in total. The van der Waals surface area contributed by atoms with Crippen LogP contribution < -0.4 is 4.74 Å². The number of pyridine rings is 1. The third kappa shape index (κ3) is 2.37. The molecule has 0 aromatic carbocycles. The quantitative estimate of drug-likeness (QED) is 0.801. The van der Waals surface area contributed by atoms with Crippen molar-refractivity contribution >= 4 is 23.2 Å². The molecule has 0 amide bonds. The maximum Gasteiger partial charge on any atom is 0.171 e. The van der Waals surface area contributed by atoms with Crippen molar-refractivity contribution in [2.75, 3.05) is 13.2 Å². The van der Waals surface area contributed by atoms with Crippen LogP contribution in [0.2, 0.25) is 10.2 Å². The molecule has 0 fully saturated rings. The van der Waals surface area contributed by atoms with Gasteiger partial charge in [0.2, 0.25) is 0 Å². The molecule has 2 rings (SSSR count). The number of ether oxygens (including phenoxy) is 1. The van der Waals surface area contributed by atoms with Gasteiger partial charge in [0.1, 0.15) is 6.61 Å². The zero-order chi connectivity index (χ0) is 13.2. The van der Waals surface area contributed by atoms with Crippen LogP contribution in [0.15, 0.2) is 0 Å². The molecule has 0 saturated heterocycles. The summed E-state index contributed by atoms with van der Waals surface area (Å²) in [7, 11) is 0. The summed E-state index contributed by atoms with van der Waals surface area (Å²) < 4.78 is 5.43. The van der Waals surface area contributed by atoms with Crippen molar-refractivity contribution in [1.82, 2.24) is 4.98 Å². The molecular weight excluding hydrogens is 261 g/mol. The molecule has 1 aromatic rings. The molecule has 2 heterocycles. The Hall–Kier alpha value is -0.510. The van der Waals surface area contributed by atoms with Crippen LogP contribution in [-0.2, 0) is 5.41 Å². The van der Waals surface area contributed by atoms with Gasteiger partial charge in [0, 0.05) is 5.56 Å². The lowest BCUT2D eigenvalue weighted by molar-refractivity contribution is 0.171. The SMILES string of the molecule is CC.Cc1nc(Cl)c2c(c1Cl)C(C)(CO)CO2. The van der Waals surface area contributed by atoms with Crippen molar-refractivity contribution in [3.05, 3.63) is 21.4 Å². The minimum Gasteiger partial charge on any atom is -0.489 e. The van der Waals surface area contributed by atoms with Gasteiger partial charge >= 0.3 is 0 Å². The number of aliphatic hydroxyl groups excluding tert-OH is 1. The van der Waals surface area contributed by atoms with Crippen LogP contribution in [0.1, 0.15) is 32.0 Å². The van der Waals surface area contributed by atoms with E-state index in [2.05, 4.69) is 4.98 Å². The number of fused-ring (bicyclic) bond motifs is 1. The van der Waals surface area contributed by atoms with Crippen LogP contribution >= 0.6 is 23.2 Å². The molecule has 17 heavy (non-hydrogen) atoms. The highest BCUT2D eigenvalue weighted by atomic mass is 35.5. The first kappa shape index (κ1) is 14.6. The number of aliphatic hydroxyl groups is 1. The molecule has 5 heteroatoms. The summed E-state index contributed by atoms with van der Waals surface area (Å²) in [5, 5.41) is 10.2. The van der Waals surface area contributed by atoms with Crippen LogP contribution in [0.5, 0.6) is 5.75 Å². The van der Waals surface area contributed by atoms with Gasteiger partial charge in [-0.2, -0.15) is 0 Å². The van der Waals surface area contributed by atoms with E-state index in [-0.39, 0.29) is 6.61 Å². The second-order valence-electron chi connectivity index (χ2n) is 4.01. The summed E-state index contributed by atoms with van der Waals surface area (Å²) in [4.78, 5) is 4.07. The maximum absolute atomic E-state index is 9.38. The Kier molecular flexibility index (Phi) is 4.64. The molecule has 0 bridgehead atoms. The Morgan fingerprint density at radius 2 is 2.00 bits per heavy atom. The first-order valence-corrected chi connectivity index (χ1v) is 6.35. The molecule has 3 nitrogen and oxygen atoms in total. The monoisotopic (exact) mass is 277 g/mol. The van der Waals surface area contributed by atoms with Crippen LogP contribution in [0.25, 0.3) is 0 Å². The topological polar surface area (TPSA) is 42.4 Å². The van der Waals surface area contributed by atoms with E-state index in [4.69, 9.17) is 27.9 Å². The van der Waals surface area contributed by atoms with Gasteiger partial charge in [-0.1, -0.05) is 37.0 Å². The molecule has 1 aliphatic heterocycles. The fourth-order valence-corrected chi connectivity index (χ4v) is 2.36. The number of nitrogens with zero attached hydrogens (tertiary/aromatic N) is 1. The Labute approximate surface area is 112 Å². The van der Waals surface area contributed by atoms with E-state index in [1.165, 1.54) is 0 Å². The normalized spacial score (nSPS) is 21.4. The minimum absolute atomic E-state index is 0.0283. The predicted octanol–water partition coefficient (Wildman–Crippen LogP) is 3.37. The smallest absolute Gasteiger partial charge is 0.171 e. The number of aromatic nitrogens is 1. The number of hydrogen-bond donors (Lipinski definition) is 1. The molecule has 0 aliphatic carbocycles. The van der Waals surface area contributed by atoms with Crippen molar-refractivity contribution in [2.45, 2.75) is 33.1 Å². The lowest BCUT2D eigenvalue weighted by Crippen LogP contribution is -2.28. The second-order valence-corrected chi connectivity index (χ2v) is 4.75. The highest BCUT2D eigenvalue weighted by Gasteiger charge is 2.40. The largest absolute Gasteiger partial charge is 0.489 e. The highest BCUT2D eigenvalue weighted by Crippen LogP contribution is 2.46. The summed E-state index contributed by atoms with van der Waals surface area (Å²) in [5.41, 5.74) is 0.943. The van der Waals surface area contributed by atoms with Crippen molar-refractivity contribution in [3.63, 3.8) is 0 Å². The van der Waals surface area contributed by atoms with E-state index in [1.54, 1.807) is 6.92 Å². The summed E-state index contributed by atoms with van der Waals surface area (Å²) in [6.07, 6.45) is 0. The van der Waals surface area contributed by atoms with Crippen molar-refractivity contribution < 1.29 is 9.84 Å². The van der Waals surface area contributed by atoms with E-state index in [9.17, 15) is 5.11 Å². The van der Waals surface area contributed by atoms with Crippen LogP contribution in [0, 0.1) is 6.92 Å². The molecule has 0 saturated carbocycles. The Bertz CT molecular complexity index is 423. The van der Waals surface area contributed by atoms with Crippen LogP contribution in [-0.4, -0.2) is 23.3 Å². The lowest BCUT2D eigenvalue weighted by atomic mass is 9.85. The van der Waals surface area contributed by atoms with Crippen molar-refractivity contribution in [1.29, 1.82) is 0 Å². The van der Waals surface area contributed by atoms with Gasteiger partial charge in [0.05, 0.1) is 22.7 Å². The minimum atomic E-state index is -0.482. The van der Waals surface area contributed by atoms with Crippen LogP contribution in [0.4, 0.5) is 0 Å². The van der Waals surface area contributed by atoms with Gasteiger partial charge in [-0.05, 0) is 13.8 Å².